The van der Waals surface area contributed by atoms with Crippen LogP contribution in [0, 0.1) is 0 Å². The summed E-state index contributed by atoms with van der Waals surface area (Å²) in [6, 6.07) is 17.8. The molecule has 2 aliphatic rings. The summed E-state index contributed by atoms with van der Waals surface area (Å²) in [7, 11) is 0. The van der Waals surface area contributed by atoms with Gasteiger partial charge in [0.15, 0.2) is 0 Å². The monoisotopic (exact) mass is 407 g/mol. The van der Waals surface area contributed by atoms with Gasteiger partial charge in [0.25, 0.3) is 0 Å². The number of nitrogens with zero attached hydrogens (tertiary/aromatic N) is 2. The summed E-state index contributed by atoms with van der Waals surface area (Å²) in [4.78, 5) is 28.9. The number of hydrogen-bond acceptors (Lipinski definition) is 4. The molecule has 1 N–H and O–H groups in total. The number of morpholine rings is 1. The number of nitrogens with one attached hydrogen (secondary N) is 1. The minimum atomic E-state index is -0.0571. The molecular formula is C24H29N3O3. The van der Waals surface area contributed by atoms with Crippen molar-refractivity contribution >= 4 is 17.5 Å². The summed E-state index contributed by atoms with van der Waals surface area (Å²) in [5.74, 6) is 0.177. The third-order valence-corrected chi connectivity index (χ3v) is 5.77. The van der Waals surface area contributed by atoms with E-state index < -0.39 is 0 Å². The third-order valence-electron chi connectivity index (χ3n) is 5.77. The van der Waals surface area contributed by atoms with Crippen molar-refractivity contribution in [3.63, 3.8) is 0 Å². The molecule has 30 heavy (non-hydrogen) atoms. The number of amides is 2. The number of anilines is 1. The molecule has 2 heterocycles. The van der Waals surface area contributed by atoms with Gasteiger partial charge in [-0.2, -0.15) is 0 Å². The van der Waals surface area contributed by atoms with E-state index in [1.165, 1.54) is 0 Å². The Morgan fingerprint density at radius 1 is 1.00 bits per heavy atom. The van der Waals surface area contributed by atoms with Gasteiger partial charge in [-0.1, -0.05) is 42.5 Å². The topological polar surface area (TPSA) is 61.9 Å². The number of ether oxygens (including phenoxy) is 1. The number of carbonyl (C=O) groups is 2. The van der Waals surface area contributed by atoms with Gasteiger partial charge in [0.05, 0.1) is 25.7 Å². The summed E-state index contributed by atoms with van der Waals surface area (Å²) < 4.78 is 5.45. The van der Waals surface area contributed by atoms with E-state index in [9.17, 15) is 9.59 Å². The lowest BCUT2D eigenvalue weighted by atomic mass is 10.0. The highest BCUT2D eigenvalue weighted by Gasteiger charge is 2.22. The molecule has 0 radical (unpaired) electrons. The first kappa shape index (κ1) is 20.6. The van der Waals surface area contributed by atoms with Crippen LogP contribution in [0.3, 0.4) is 0 Å². The standard InChI is InChI=1S/C24H29N3O3/c28-23(17-19-8-10-21(11-9-19)27-12-4-7-24(27)29)25-22(20-5-2-1-3-6-20)18-26-13-15-30-16-14-26/h1-3,5-6,8-11,22H,4,7,12-18H2,(H,25,28). The molecule has 0 aliphatic carbocycles. The number of hydrogen-bond donors (Lipinski definition) is 1. The van der Waals surface area contributed by atoms with E-state index >= 15 is 0 Å². The van der Waals surface area contributed by atoms with E-state index in [1.807, 2.05) is 47.4 Å². The molecule has 2 fully saturated rings. The van der Waals surface area contributed by atoms with Gasteiger partial charge < -0.3 is 15.0 Å². The Morgan fingerprint density at radius 2 is 1.73 bits per heavy atom. The minimum Gasteiger partial charge on any atom is -0.379 e. The molecule has 0 bridgehead atoms. The molecule has 1 unspecified atom stereocenters. The van der Waals surface area contributed by atoms with Gasteiger partial charge in [0, 0.05) is 38.3 Å². The molecule has 1 atom stereocenters. The van der Waals surface area contributed by atoms with Crippen molar-refractivity contribution in [3.8, 4) is 0 Å². The number of carbonyl (C=O) groups excluding carboxylic acids is 2. The average Bonchev–Trinajstić information content (AvgIpc) is 3.21. The van der Waals surface area contributed by atoms with Gasteiger partial charge in [-0.05, 0) is 29.7 Å². The largest absolute Gasteiger partial charge is 0.379 e. The Bertz CT molecular complexity index is 848. The Morgan fingerprint density at radius 3 is 2.40 bits per heavy atom. The van der Waals surface area contributed by atoms with E-state index in [-0.39, 0.29) is 17.9 Å². The summed E-state index contributed by atoms with van der Waals surface area (Å²) in [5.41, 5.74) is 2.97. The second-order valence-electron chi connectivity index (χ2n) is 7.94. The number of benzene rings is 2. The predicted molar refractivity (Wildman–Crippen MR) is 116 cm³/mol. The van der Waals surface area contributed by atoms with Crippen LogP contribution >= 0.6 is 0 Å². The Balaban J connectivity index is 1.38. The summed E-state index contributed by atoms with van der Waals surface area (Å²) in [5, 5.41) is 3.22. The van der Waals surface area contributed by atoms with Crippen molar-refractivity contribution in [1.29, 1.82) is 0 Å². The molecule has 6 heteroatoms. The SMILES string of the molecule is O=C(Cc1ccc(N2CCCC2=O)cc1)NC(CN1CCOCC1)c1ccccc1. The summed E-state index contributed by atoms with van der Waals surface area (Å²) in [6.45, 7) is 4.79. The maximum Gasteiger partial charge on any atom is 0.227 e. The highest BCUT2D eigenvalue weighted by atomic mass is 16.5. The van der Waals surface area contributed by atoms with Gasteiger partial charge in [0.1, 0.15) is 0 Å². The molecule has 2 aliphatic heterocycles. The zero-order chi connectivity index (χ0) is 20.8. The van der Waals surface area contributed by atoms with Crippen molar-refractivity contribution in [2.24, 2.45) is 0 Å². The van der Waals surface area contributed by atoms with Crippen LogP contribution in [0.5, 0.6) is 0 Å². The molecular weight excluding hydrogens is 378 g/mol. The third kappa shape index (κ3) is 5.26. The summed E-state index contributed by atoms with van der Waals surface area (Å²) >= 11 is 0. The average molecular weight is 408 g/mol. The van der Waals surface area contributed by atoms with E-state index in [0.29, 0.717) is 12.8 Å². The fourth-order valence-corrected chi connectivity index (χ4v) is 4.11. The van der Waals surface area contributed by atoms with Gasteiger partial charge in [-0.3, -0.25) is 14.5 Å². The first-order valence-corrected chi connectivity index (χ1v) is 10.7. The maximum atomic E-state index is 12.8. The highest BCUT2D eigenvalue weighted by Crippen LogP contribution is 2.22. The van der Waals surface area contributed by atoms with E-state index in [2.05, 4.69) is 22.3 Å². The minimum absolute atomic E-state index is 0.00195. The molecule has 6 nitrogen and oxygen atoms in total. The van der Waals surface area contributed by atoms with Crippen LogP contribution in [0.2, 0.25) is 0 Å². The van der Waals surface area contributed by atoms with Gasteiger partial charge >= 0.3 is 0 Å². The van der Waals surface area contributed by atoms with Crippen LogP contribution in [-0.4, -0.2) is 56.1 Å². The van der Waals surface area contributed by atoms with Crippen LogP contribution < -0.4 is 10.2 Å². The second kappa shape index (κ2) is 9.87. The molecule has 2 aromatic rings. The zero-order valence-electron chi connectivity index (χ0n) is 17.3. The van der Waals surface area contributed by atoms with Crippen molar-refractivity contribution in [3.05, 3.63) is 65.7 Å². The van der Waals surface area contributed by atoms with Crippen molar-refractivity contribution < 1.29 is 14.3 Å². The smallest absolute Gasteiger partial charge is 0.227 e. The molecule has 0 spiro atoms. The normalized spacial score (nSPS) is 18.4. The lowest BCUT2D eigenvalue weighted by Gasteiger charge is -2.31. The zero-order valence-corrected chi connectivity index (χ0v) is 17.3. The quantitative estimate of drug-likeness (QED) is 0.766. The Hall–Kier alpha value is -2.70. The van der Waals surface area contributed by atoms with Crippen LogP contribution in [0.1, 0.15) is 30.0 Å². The first-order chi connectivity index (χ1) is 14.7. The fraction of sp³-hybridized carbons (Fsp3) is 0.417. The van der Waals surface area contributed by atoms with Crippen LogP contribution in [-0.2, 0) is 20.7 Å². The van der Waals surface area contributed by atoms with E-state index in [4.69, 9.17) is 4.74 Å². The highest BCUT2D eigenvalue weighted by molar-refractivity contribution is 5.95. The molecule has 2 amide bonds. The second-order valence-corrected chi connectivity index (χ2v) is 7.94. The van der Waals surface area contributed by atoms with Crippen molar-refractivity contribution in [1.82, 2.24) is 10.2 Å². The predicted octanol–water partition coefficient (Wildman–Crippen LogP) is 2.55. The van der Waals surface area contributed by atoms with Gasteiger partial charge in [-0.25, -0.2) is 0 Å². The number of rotatable bonds is 7. The Kier molecular flexibility index (Phi) is 6.77. The lowest BCUT2D eigenvalue weighted by Crippen LogP contribution is -2.43. The molecule has 0 saturated carbocycles. The fourth-order valence-electron chi connectivity index (χ4n) is 4.11. The van der Waals surface area contributed by atoms with Crippen molar-refractivity contribution in [2.45, 2.75) is 25.3 Å². The molecule has 158 valence electrons. The van der Waals surface area contributed by atoms with E-state index in [1.54, 1.807) is 0 Å². The van der Waals surface area contributed by atoms with Gasteiger partial charge in [-0.15, -0.1) is 0 Å². The van der Waals surface area contributed by atoms with E-state index in [0.717, 1.165) is 62.6 Å². The van der Waals surface area contributed by atoms with Crippen molar-refractivity contribution in [2.75, 3.05) is 44.3 Å². The molecule has 0 aromatic heterocycles. The van der Waals surface area contributed by atoms with Crippen LogP contribution in [0.4, 0.5) is 5.69 Å². The van der Waals surface area contributed by atoms with Crippen LogP contribution in [0.25, 0.3) is 0 Å². The summed E-state index contributed by atoms with van der Waals surface area (Å²) in [6.07, 6.45) is 1.85. The van der Waals surface area contributed by atoms with Crippen LogP contribution in [0.15, 0.2) is 54.6 Å². The molecule has 2 aromatic carbocycles. The van der Waals surface area contributed by atoms with Gasteiger partial charge in [0.2, 0.25) is 11.8 Å². The molecule has 4 rings (SSSR count). The first-order valence-electron chi connectivity index (χ1n) is 10.7. The maximum absolute atomic E-state index is 12.8. The Labute approximate surface area is 177 Å². The lowest BCUT2D eigenvalue weighted by molar-refractivity contribution is -0.121. The molecule has 2 saturated heterocycles.